The monoisotopic (exact) mass is 432 g/mol. The zero-order valence-corrected chi connectivity index (χ0v) is 18.3. The molecule has 0 saturated carbocycles. The number of hydrogen-bond acceptors (Lipinski definition) is 7. The molecule has 0 bridgehead atoms. The highest BCUT2D eigenvalue weighted by Crippen LogP contribution is 2.26. The van der Waals surface area contributed by atoms with Crippen LogP contribution in [-0.2, 0) is 4.79 Å². The molecule has 32 heavy (non-hydrogen) atoms. The number of hydrogen-bond donors (Lipinski definition) is 1. The first-order chi connectivity index (χ1) is 15.6. The molecule has 1 atom stereocenters. The second-order valence-corrected chi connectivity index (χ2v) is 8.45. The Morgan fingerprint density at radius 2 is 1.91 bits per heavy atom. The van der Waals surface area contributed by atoms with Crippen molar-refractivity contribution in [1.29, 1.82) is 0 Å². The quantitative estimate of drug-likeness (QED) is 0.620. The van der Waals surface area contributed by atoms with Crippen molar-refractivity contribution in [3.05, 3.63) is 49.4 Å². The number of nitrogens with zero attached hydrogens (tertiary/aromatic N) is 7. The Hall–Kier alpha value is -3.46. The Morgan fingerprint density at radius 1 is 1.12 bits per heavy atom. The lowest BCUT2D eigenvalue weighted by Gasteiger charge is -2.34. The third-order valence-electron chi connectivity index (χ3n) is 6.35. The maximum Gasteiger partial charge on any atom is 0.246 e. The summed E-state index contributed by atoms with van der Waals surface area (Å²) in [4.78, 5) is 32.1. The van der Waals surface area contributed by atoms with Gasteiger partial charge in [-0.05, 0) is 43.8 Å². The van der Waals surface area contributed by atoms with Gasteiger partial charge >= 0.3 is 0 Å². The van der Waals surface area contributed by atoms with Gasteiger partial charge in [0.05, 0.1) is 18.6 Å². The zero-order valence-electron chi connectivity index (χ0n) is 18.3. The summed E-state index contributed by atoms with van der Waals surface area (Å²) in [6.45, 7) is 9.20. The Bertz CT molecular complexity index is 1120. The molecular formula is C23H28N8O. The average molecular weight is 433 g/mol. The van der Waals surface area contributed by atoms with E-state index < -0.39 is 0 Å². The van der Waals surface area contributed by atoms with E-state index in [0.717, 1.165) is 49.5 Å². The number of aromatic nitrogens is 4. The molecule has 9 nitrogen and oxygen atoms in total. The summed E-state index contributed by atoms with van der Waals surface area (Å²) in [5.41, 5.74) is 3.69. The first-order valence-electron chi connectivity index (χ1n) is 11.0. The fourth-order valence-corrected chi connectivity index (χ4v) is 4.40. The van der Waals surface area contributed by atoms with Gasteiger partial charge in [0.1, 0.15) is 5.52 Å². The first-order valence-corrected chi connectivity index (χ1v) is 11.0. The number of imidazole rings is 1. The van der Waals surface area contributed by atoms with Crippen molar-refractivity contribution in [3.8, 4) is 0 Å². The van der Waals surface area contributed by atoms with Crippen molar-refractivity contribution in [1.82, 2.24) is 29.3 Å². The molecule has 2 saturated heterocycles. The average Bonchev–Trinajstić information content (AvgIpc) is 3.46. The van der Waals surface area contributed by atoms with E-state index in [1.54, 1.807) is 12.5 Å². The molecule has 0 spiro atoms. The third kappa shape index (κ3) is 4.03. The van der Waals surface area contributed by atoms with Crippen LogP contribution in [0.4, 0.5) is 17.3 Å². The number of carbonyl (C=O) groups is 1. The van der Waals surface area contributed by atoms with Crippen LogP contribution in [0.2, 0.25) is 0 Å². The van der Waals surface area contributed by atoms with Crippen molar-refractivity contribution in [3.63, 3.8) is 0 Å². The summed E-state index contributed by atoms with van der Waals surface area (Å²) < 4.78 is 2.05. The minimum absolute atomic E-state index is 0.0334. The number of fused-ring (bicyclic) bond motifs is 1. The standard InChI is InChI=1S/C23H28N8O/c1-3-21(32)30-9-8-19(15-30)31-16-25-20-14-24-23(27-22(20)31)26-17-4-6-18(7-5-17)29-12-10-28(2)11-13-29/h3-7,14,16,19H,1,8-13,15H2,2H3,(H,24,26,27). The van der Waals surface area contributed by atoms with Gasteiger partial charge in [-0.2, -0.15) is 4.98 Å². The second kappa shape index (κ2) is 8.58. The molecular weight excluding hydrogens is 404 g/mol. The Labute approximate surface area is 187 Å². The number of carbonyl (C=O) groups excluding carboxylic acids is 1. The third-order valence-corrected chi connectivity index (χ3v) is 6.35. The summed E-state index contributed by atoms with van der Waals surface area (Å²) >= 11 is 0. The van der Waals surface area contributed by atoms with Gasteiger partial charge in [0.2, 0.25) is 11.9 Å². The maximum absolute atomic E-state index is 11.9. The van der Waals surface area contributed by atoms with Crippen LogP contribution in [0.3, 0.4) is 0 Å². The van der Waals surface area contributed by atoms with Gasteiger partial charge in [0.25, 0.3) is 0 Å². The van der Waals surface area contributed by atoms with E-state index >= 15 is 0 Å². The van der Waals surface area contributed by atoms with Gasteiger partial charge in [-0.3, -0.25) is 4.79 Å². The topological polar surface area (TPSA) is 82.4 Å². The predicted octanol–water partition coefficient (Wildman–Crippen LogP) is 2.28. The molecule has 2 fully saturated rings. The normalized spacial score (nSPS) is 19.5. The van der Waals surface area contributed by atoms with E-state index in [4.69, 9.17) is 4.98 Å². The van der Waals surface area contributed by atoms with E-state index in [9.17, 15) is 4.79 Å². The lowest BCUT2D eigenvalue weighted by atomic mass is 10.2. The Kier molecular flexibility index (Phi) is 5.48. The van der Waals surface area contributed by atoms with Crippen molar-refractivity contribution < 1.29 is 4.79 Å². The molecule has 2 aliphatic rings. The summed E-state index contributed by atoms with van der Waals surface area (Å²) in [7, 11) is 2.16. The highest BCUT2D eigenvalue weighted by atomic mass is 16.2. The van der Waals surface area contributed by atoms with Gasteiger partial charge in [0.15, 0.2) is 5.65 Å². The van der Waals surface area contributed by atoms with Crippen LogP contribution in [0.25, 0.3) is 11.2 Å². The Balaban J connectivity index is 1.30. The molecule has 0 aliphatic carbocycles. The molecule has 0 radical (unpaired) electrons. The molecule has 1 unspecified atom stereocenters. The van der Waals surface area contributed by atoms with Crippen molar-refractivity contribution in [2.75, 3.05) is 56.5 Å². The summed E-state index contributed by atoms with van der Waals surface area (Å²) in [6.07, 6.45) is 5.76. The highest BCUT2D eigenvalue weighted by molar-refractivity contribution is 5.87. The number of piperazine rings is 1. The van der Waals surface area contributed by atoms with Crippen LogP contribution in [-0.4, -0.2) is 81.5 Å². The smallest absolute Gasteiger partial charge is 0.246 e. The number of likely N-dealkylation sites (tertiary alicyclic amines) is 1. The molecule has 5 rings (SSSR count). The van der Waals surface area contributed by atoms with Crippen molar-refractivity contribution in [2.24, 2.45) is 0 Å². The van der Waals surface area contributed by atoms with Gasteiger partial charge in [-0.25, -0.2) is 9.97 Å². The van der Waals surface area contributed by atoms with Crippen LogP contribution >= 0.6 is 0 Å². The largest absolute Gasteiger partial charge is 0.369 e. The number of amides is 1. The molecule has 2 aromatic heterocycles. The van der Waals surface area contributed by atoms with E-state index in [1.807, 2.05) is 4.90 Å². The maximum atomic E-state index is 11.9. The lowest BCUT2D eigenvalue weighted by Crippen LogP contribution is -2.44. The fourth-order valence-electron chi connectivity index (χ4n) is 4.40. The van der Waals surface area contributed by atoms with Crippen LogP contribution in [0.15, 0.2) is 49.4 Å². The number of rotatable bonds is 5. The number of benzene rings is 1. The molecule has 1 aromatic carbocycles. The van der Waals surface area contributed by atoms with Crippen molar-refractivity contribution >= 4 is 34.4 Å². The van der Waals surface area contributed by atoms with Gasteiger partial charge in [-0.15, -0.1) is 0 Å². The summed E-state index contributed by atoms with van der Waals surface area (Å²) in [5.74, 6) is 0.498. The minimum Gasteiger partial charge on any atom is -0.369 e. The number of anilines is 3. The first kappa shape index (κ1) is 20.4. The van der Waals surface area contributed by atoms with Gasteiger partial charge < -0.3 is 24.6 Å². The van der Waals surface area contributed by atoms with Crippen LogP contribution in [0.5, 0.6) is 0 Å². The fraction of sp³-hybridized carbons (Fsp3) is 0.391. The van der Waals surface area contributed by atoms with Gasteiger partial charge in [0, 0.05) is 50.6 Å². The SMILES string of the molecule is C=CC(=O)N1CCC(n2cnc3cnc(Nc4ccc(N5CCN(C)CC5)cc4)nc32)C1. The van der Waals surface area contributed by atoms with Crippen molar-refractivity contribution in [2.45, 2.75) is 12.5 Å². The highest BCUT2D eigenvalue weighted by Gasteiger charge is 2.27. The minimum atomic E-state index is -0.0334. The van der Waals surface area contributed by atoms with E-state index in [-0.39, 0.29) is 11.9 Å². The van der Waals surface area contributed by atoms with E-state index in [0.29, 0.717) is 19.0 Å². The predicted molar refractivity (Wildman–Crippen MR) is 125 cm³/mol. The second-order valence-electron chi connectivity index (χ2n) is 8.45. The molecule has 3 aromatic rings. The molecule has 1 N–H and O–H groups in total. The molecule has 166 valence electrons. The van der Waals surface area contributed by atoms with Crippen LogP contribution in [0, 0.1) is 0 Å². The summed E-state index contributed by atoms with van der Waals surface area (Å²) in [5, 5.41) is 3.31. The van der Waals surface area contributed by atoms with Crippen LogP contribution in [0.1, 0.15) is 12.5 Å². The lowest BCUT2D eigenvalue weighted by molar-refractivity contribution is -0.125. The number of nitrogens with one attached hydrogen (secondary N) is 1. The number of likely N-dealkylation sites (N-methyl/N-ethyl adjacent to an activating group) is 1. The molecule has 2 aliphatic heterocycles. The van der Waals surface area contributed by atoms with E-state index in [2.05, 4.69) is 67.5 Å². The van der Waals surface area contributed by atoms with Gasteiger partial charge in [-0.1, -0.05) is 6.58 Å². The zero-order chi connectivity index (χ0) is 22.1. The molecule has 4 heterocycles. The molecule has 1 amide bonds. The summed E-state index contributed by atoms with van der Waals surface area (Å²) in [6, 6.07) is 8.55. The van der Waals surface area contributed by atoms with Crippen LogP contribution < -0.4 is 10.2 Å². The Morgan fingerprint density at radius 3 is 2.66 bits per heavy atom. The molecule has 9 heteroatoms. The van der Waals surface area contributed by atoms with E-state index in [1.165, 1.54) is 11.8 Å².